The first-order chi connectivity index (χ1) is 13.1. The number of nitrogens with zero attached hydrogens (tertiary/aromatic N) is 1. The highest BCUT2D eigenvalue weighted by Gasteiger charge is 2.16. The first kappa shape index (κ1) is 19.3. The van der Waals surface area contributed by atoms with E-state index in [9.17, 15) is 4.79 Å². The maximum atomic E-state index is 12.4. The van der Waals surface area contributed by atoms with Crippen LogP contribution in [0.5, 0.6) is 5.75 Å². The monoisotopic (exact) mass is 389 g/mol. The molecule has 2 N–H and O–H groups in total. The van der Waals surface area contributed by atoms with Gasteiger partial charge in [0.2, 0.25) is 5.91 Å². The summed E-state index contributed by atoms with van der Waals surface area (Å²) in [7, 11) is 1.58. The summed E-state index contributed by atoms with van der Waals surface area (Å²) in [6.07, 6.45) is 0. The summed E-state index contributed by atoms with van der Waals surface area (Å²) in [6.45, 7) is 5.08. The minimum absolute atomic E-state index is 0.120. The van der Waals surface area contributed by atoms with Crippen molar-refractivity contribution < 1.29 is 14.3 Å². The molecule has 0 bridgehead atoms. The zero-order valence-corrected chi connectivity index (χ0v) is 16.3. The maximum absolute atomic E-state index is 12.4. The van der Waals surface area contributed by atoms with Crippen LogP contribution in [0.15, 0.2) is 36.4 Å². The number of methoxy groups -OCH3 is 1. The summed E-state index contributed by atoms with van der Waals surface area (Å²) in [5.74, 6) is 0.470. The largest absolute Gasteiger partial charge is 0.495 e. The molecule has 1 amide bonds. The number of anilines is 3. The van der Waals surface area contributed by atoms with Crippen molar-refractivity contribution in [3.8, 4) is 5.75 Å². The molecule has 2 aromatic rings. The van der Waals surface area contributed by atoms with Gasteiger partial charge in [-0.3, -0.25) is 4.79 Å². The van der Waals surface area contributed by atoms with Crippen LogP contribution in [-0.4, -0.2) is 45.9 Å². The van der Waals surface area contributed by atoms with Crippen LogP contribution in [0.2, 0.25) is 5.02 Å². The predicted molar refractivity (Wildman–Crippen MR) is 109 cm³/mol. The number of rotatable bonds is 6. The summed E-state index contributed by atoms with van der Waals surface area (Å²) in [6, 6.07) is 11.3. The molecule has 1 aliphatic rings. The van der Waals surface area contributed by atoms with Crippen LogP contribution >= 0.6 is 11.6 Å². The fraction of sp³-hybridized carbons (Fsp3) is 0.350. The van der Waals surface area contributed by atoms with Crippen LogP contribution in [0.25, 0.3) is 0 Å². The summed E-state index contributed by atoms with van der Waals surface area (Å²) in [4.78, 5) is 14.7. The predicted octanol–water partition coefficient (Wildman–Crippen LogP) is 3.54. The Bertz CT molecular complexity index is 807. The number of aryl methyl sites for hydroxylation is 1. The first-order valence-corrected chi connectivity index (χ1v) is 9.25. The Hall–Kier alpha value is -2.44. The molecule has 2 aromatic carbocycles. The molecule has 144 valence electrons. The highest BCUT2D eigenvalue weighted by Crippen LogP contribution is 2.30. The van der Waals surface area contributed by atoms with Gasteiger partial charge in [0.15, 0.2) is 0 Å². The molecule has 7 heteroatoms. The Kier molecular flexibility index (Phi) is 6.42. The highest BCUT2D eigenvalue weighted by molar-refractivity contribution is 6.31. The summed E-state index contributed by atoms with van der Waals surface area (Å²) in [5, 5.41) is 6.72. The number of amides is 1. The number of hydrogen-bond donors (Lipinski definition) is 2. The van der Waals surface area contributed by atoms with E-state index in [4.69, 9.17) is 21.1 Å². The molecule has 0 aromatic heterocycles. The molecule has 1 heterocycles. The van der Waals surface area contributed by atoms with Gasteiger partial charge in [0, 0.05) is 18.1 Å². The van der Waals surface area contributed by atoms with Gasteiger partial charge in [-0.05, 0) is 42.8 Å². The molecule has 27 heavy (non-hydrogen) atoms. The van der Waals surface area contributed by atoms with Crippen molar-refractivity contribution in [2.24, 2.45) is 0 Å². The van der Waals surface area contributed by atoms with Crippen molar-refractivity contribution >= 4 is 34.6 Å². The van der Waals surface area contributed by atoms with E-state index >= 15 is 0 Å². The van der Waals surface area contributed by atoms with E-state index in [-0.39, 0.29) is 12.5 Å². The van der Waals surface area contributed by atoms with Gasteiger partial charge in [0.05, 0.1) is 43.9 Å². The average Bonchev–Trinajstić information content (AvgIpc) is 2.67. The molecule has 0 atom stereocenters. The maximum Gasteiger partial charge on any atom is 0.243 e. The lowest BCUT2D eigenvalue weighted by atomic mass is 10.2. The molecule has 6 nitrogen and oxygen atoms in total. The van der Waals surface area contributed by atoms with Crippen LogP contribution in [-0.2, 0) is 9.53 Å². The highest BCUT2D eigenvalue weighted by atomic mass is 35.5. The first-order valence-electron chi connectivity index (χ1n) is 8.87. The SMILES string of the molecule is COc1ccc(C)cc1NC(=O)CNc1cc(Cl)ccc1N1CCOCC1. The Labute approximate surface area is 164 Å². The van der Waals surface area contributed by atoms with E-state index in [1.54, 1.807) is 7.11 Å². The van der Waals surface area contributed by atoms with Crippen LogP contribution in [0.3, 0.4) is 0 Å². The molecule has 0 saturated carbocycles. The van der Waals surface area contributed by atoms with E-state index in [2.05, 4.69) is 15.5 Å². The van der Waals surface area contributed by atoms with E-state index in [1.807, 2.05) is 43.3 Å². The van der Waals surface area contributed by atoms with Crippen LogP contribution in [0.1, 0.15) is 5.56 Å². The molecule has 0 spiro atoms. The van der Waals surface area contributed by atoms with Crippen LogP contribution in [0, 0.1) is 6.92 Å². The third-order valence-corrected chi connectivity index (χ3v) is 4.61. The fourth-order valence-corrected chi connectivity index (χ4v) is 3.19. The van der Waals surface area contributed by atoms with Gasteiger partial charge >= 0.3 is 0 Å². The number of nitrogens with one attached hydrogen (secondary N) is 2. The minimum atomic E-state index is -0.160. The lowest BCUT2D eigenvalue weighted by Crippen LogP contribution is -2.36. The summed E-state index contributed by atoms with van der Waals surface area (Å²) in [5.41, 5.74) is 3.55. The molecule has 1 fully saturated rings. The number of carbonyl (C=O) groups excluding carboxylic acids is 1. The van der Waals surface area contributed by atoms with E-state index in [1.165, 1.54) is 0 Å². The van der Waals surface area contributed by atoms with Crippen LogP contribution < -0.4 is 20.3 Å². The van der Waals surface area contributed by atoms with Gasteiger partial charge in [-0.15, -0.1) is 0 Å². The normalized spacial score (nSPS) is 14.0. The fourth-order valence-electron chi connectivity index (χ4n) is 3.02. The number of halogens is 1. The molecular weight excluding hydrogens is 366 g/mol. The Morgan fingerprint density at radius 2 is 1.96 bits per heavy atom. The standard InChI is InChI=1S/C20H24ClN3O3/c1-14-3-6-19(26-2)17(11-14)23-20(25)13-22-16-12-15(21)4-5-18(16)24-7-9-27-10-8-24/h3-6,11-12,22H,7-10,13H2,1-2H3,(H,23,25). The molecule has 1 saturated heterocycles. The summed E-state index contributed by atoms with van der Waals surface area (Å²) < 4.78 is 10.7. The van der Waals surface area contributed by atoms with Crippen molar-refractivity contribution in [1.82, 2.24) is 0 Å². The Morgan fingerprint density at radius 1 is 1.19 bits per heavy atom. The number of carbonyl (C=O) groups is 1. The zero-order chi connectivity index (χ0) is 19.2. The van der Waals surface area contributed by atoms with Gasteiger partial charge in [-0.1, -0.05) is 17.7 Å². The number of ether oxygens (including phenoxy) is 2. The second-order valence-electron chi connectivity index (χ2n) is 6.37. The topological polar surface area (TPSA) is 62.8 Å². The van der Waals surface area contributed by atoms with Crippen molar-refractivity contribution in [3.63, 3.8) is 0 Å². The van der Waals surface area contributed by atoms with Crippen molar-refractivity contribution in [2.45, 2.75) is 6.92 Å². The number of morpholine rings is 1. The molecule has 3 rings (SSSR count). The van der Waals surface area contributed by atoms with Gasteiger partial charge in [0.25, 0.3) is 0 Å². The van der Waals surface area contributed by atoms with Gasteiger partial charge in [0.1, 0.15) is 5.75 Å². The minimum Gasteiger partial charge on any atom is -0.495 e. The number of benzene rings is 2. The molecule has 1 aliphatic heterocycles. The van der Waals surface area contributed by atoms with Crippen molar-refractivity contribution in [3.05, 3.63) is 47.0 Å². The molecule has 0 unspecified atom stereocenters. The lowest BCUT2D eigenvalue weighted by Gasteiger charge is -2.30. The average molecular weight is 390 g/mol. The smallest absolute Gasteiger partial charge is 0.243 e. The quantitative estimate of drug-likeness (QED) is 0.791. The molecular formula is C20H24ClN3O3. The third-order valence-electron chi connectivity index (χ3n) is 4.38. The Balaban J connectivity index is 1.68. The van der Waals surface area contributed by atoms with E-state index < -0.39 is 0 Å². The molecule has 0 aliphatic carbocycles. The van der Waals surface area contributed by atoms with E-state index in [0.717, 1.165) is 30.0 Å². The van der Waals surface area contributed by atoms with Crippen LogP contribution in [0.4, 0.5) is 17.1 Å². The van der Waals surface area contributed by atoms with Crippen molar-refractivity contribution in [1.29, 1.82) is 0 Å². The number of hydrogen-bond acceptors (Lipinski definition) is 5. The van der Waals surface area contributed by atoms with Gasteiger partial charge in [-0.25, -0.2) is 0 Å². The molecule has 0 radical (unpaired) electrons. The summed E-state index contributed by atoms with van der Waals surface area (Å²) >= 11 is 6.16. The van der Waals surface area contributed by atoms with Gasteiger partial charge < -0.3 is 25.0 Å². The van der Waals surface area contributed by atoms with E-state index in [0.29, 0.717) is 29.7 Å². The second-order valence-corrected chi connectivity index (χ2v) is 6.80. The third kappa shape index (κ3) is 5.05. The van der Waals surface area contributed by atoms with Gasteiger partial charge in [-0.2, -0.15) is 0 Å². The van der Waals surface area contributed by atoms with Crippen molar-refractivity contribution in [2.75, 3.05) is 55.5 Å². The second kappa shape index (κ2) is 8.97. The Morgan fingerprint density at radius 3 is 2.70 bits per heavy atom. The lowest BCUT2D eigenvalue weighted by molar-refractivity contribution is -0.114. The zero-order valence-electron chi connectivity index (χ0n) is 15.5.